The molecule has 21 heavy (non-hydrogen) atoms. The highest BCUT2D eigenvalue weighted by atomic mass is 14.4. The van der Waals surface area contributed by atoms with Crippen LogP contribution in [0.1, 0.15) is 119 Å². The Balaban J connectivity index is 4.83. The topological polar surface area (TPSA) is 0 Å². The monoisotopic (exact) mass is 296 g/mol. The van der Waals surface area contributed by atoms with E-state index < -0.39 is 0 Å². The molecule has 0 nitrogen and oxygen atoms in total. The largest absolute Gasteiger partial charge is 0.0654 e. The SMILES string of the molecule is CCCCCCC(C)(CC)C(CCCC)C(CC)CCC. The summed E-state index contributed by atoms with van der Waals surface area (Å²) < 4.78 is 0. The van der Waals surface area contributed by atoms with E-state index in [1.807, 2.05) is 0 Å². The first-order valence-electron chi connectivity index (χ1n) is 10.1. The third kappa shape index (κ3) is 7.71. The molecular weight excluding hydrogens is 252 g/mol. The highest BCUT2D eigenvalue weighted by Crippen LogP contribution is 2.45. The Kier molecular flexibility index (Phi) is 12.5. The number of hydrogen-bond acceptors (Lipinski definition) is 0. The summed E-state index contributed by atoms with van der Waals surface area (Å²) >= 11 is 0. The molecule has 0 fully saturated rings. The predicted molar refractivity (Wildman–Crippen MR) is 98.9 cm³/mol. The number of hydrogen-bond donors (Lipinski definition) is 0. The smallest absolute Gasteiger partial charge is 0.0298 e. The second kappa shape index (κ2) is 12.5. The highest BCUT2D eigenvalue weighted by Gasteiger charge is 2.35. The fourth-order valence-electron chi connectivity index (χ4n) is 4.22. The molecule has 0 saturated heterocycles. The first kappa shape index (κ1) is 21.0. The summed E-state index contributed by atoms with van der Waals surface area (Å²) in [5, 5.41) is 0. The molecule has 0 saturated carbocycles. The van der Waals surface area contributed by atoms with E-state index in [1.165, 1.54) is 77.0 Å². The average Bonchev–Trinajstić information content (AvgIpc) is 2.50. The summed E-state index contributed by atoms with van der Waals surface area (Å²) in [7, 11) is 0. The summed E-state index contributed by atoms with van der Waals surface area (Å²) in [4.78, 5) is 0. The van der Waals surface area contributed by atoms with Crippen molar-refractivity contribution in [3.8, 4) is 0 Å². The van der Waals surface area contributed by atoms with Crippen molar-refractivity contribution >= 4 is 0 Å². The van der Waals surface area contributed by atoms with Crippen molar-refractivity contribution in [2.75, 3.05) is 0 Å². The molecule has 0 aromatic heterocycles. The quantitative estimate of drug-likeness (QED) is 0.285. The van der Waals surface area contributed by atoms with Gasteiger partial charge in [0.25, 0.3) is 0 Å². The first-order valence-corrected chi connectivity index (χ1v) is 10.1. The molecule has 0 rings (SSSR count). The molecule has 0 heteroatoms. The molecule has 0 aliphatic heterocycles. The van der Waals surface area contributed by atoms with Gasteiger partial charge in [-0.3, -0.25) is 0 Å². The van der Waals surface area contributed by atoms with Gasteiger partial charge in [0.15, 0.2) is 0 Å². The minimum atomic E-state index is 0.582. The van der Waals surface area contributed by atoms with Crippen molar-refractivity contribution < 1.29 is 0 Å². The lowest BCUT2D eigenvalue weighted by Gasteiger charge is -2.42. The Morgan fingerprint density at radius 3 is 1.86 bits per heavy atom. The van der Waals surface area contributed by atoms with Crippen molar-refractivity contribution in [1.82, 2.24) is 0 Å². The lowest BCUT2D eigenvalue weighted by molar-refractivity contribution is 0.0785. The van der Waals surface area contributed by atoms with Gasteiger partial charge in [-0.05, 0) is 30.1 Å². The maximum atomic E-state index is 2.61. The molecule has 0 radical (unpaired) electrons. The van der Waals surface area contributed by atoms with E-state index in [0.717, 1.165) is 11.8 Å². The molecule has 0 amide bonds. The first-order chi connectivity index (χ1) is 10.1. The highest BCUT2D eigenvalue weighted by molar-refractivity contribution is 4.85. The van der Waals surface area contributed by atoms with Crippen molar-refractivity contribution in [3.63, 3.8) is 0 Å². The maximum Gasteiger partial charge on any atom is -0.0298 e. The van der Waals surface area contributed by atoms with E-state index in [4.69, 9.17) is 0 Å². The fraction of sp³-hybridized carbons (Fsp3) is 1.00. The van der Waals surface area contributed by atoms with Crippen LogP contribution in [0.5, 0.6) is 0 Å². The second-order valence-corrected chi connectivity index (χ2v) is 7.52. The van der Waals surface area contributed by atoms with Crippen LogP contribution in [-0.4, -0.2) is 0 Å². The lowest BCUT2D eigenvalue weighted by atomic mass is 9.63. The number of rotatable bonds is 14. The summed E-state index contributed by atoms with van der Waals surface area (Å²) in [5.74, 6) is 1.91. The Morgan fingerprint density at radius 1 is 0.714 bits per heavy atom. The van der Waals surface area contributed by atoms with Crippen molar-refractivity contribution in [2.45, 2.75) is 119 Å². The third-order valence-corrected chi connectivity index (χ3v) is 5.93. The molecule has 0 aromatic carbocycles. The van der Waals surface area contributed by atoms with E-state index in [0.29, 0.717) is 5.41 Å². The molecule has 0 spiro atoms. The van der Waals surface area contributed by atoms with Gasteiger partial charge in [0.2, 0.25) is 0 Å². The van der Waals surface area contributed by atoms with Crippen LogP contribution in [0.2, 0.25) is 0 Å². The fourth-order valence-corrected chi connectivity index (χ4v) is 4.22. The predicted octanol–water partition coefficient (Wildman–Crippen LogP) is 8.01. The van der Waals surface area contributed by atoms with Gasteiger partial charge >= 0.3 is 0 Å². The van der Waals surface area contributed by atoms with Gasteiger partial charge in [-0.25, -0.2) is 0 Å². The van der Waals surface area contributed by atoms with Crippen LogP contribution in [0.3, 0.4) is 0 Å². The van der Waals surface area contributed by atoms with Crippen molar-refractivity contribution in [1.29, 1.82) is 0 Å². The van der Waals surface area contributed by atoms with Crippen LogP contribution >= 0.6 is 0 Å². The zero-order valence-corrected chi connectivity index (χ0v) is 16.1. The van der Waals surface area contributed by atoms with E-state index in [2.05, 4.69) is 41.5 Å². The lowest BCUT2D eigenvalue weighted by Crippen LogP contribution is -2.33. The average molecular weight is 297 g/mol. The van der Waals surface area contributed by atoms with Crippen molar-refractivity contribution in [2.24, 2.45) is 17.3 Å². The Morgan fingerprint density at radius 2 is 1.38 bits per heavy atom. The minimum absolute atomic E-state index is 0.582. The van der Waals surface area contributed by atoms with Crippen molar-refractivity contribution in [3.05, 3.63) is 0 Å². The maximum absolute atomic E-state index is 2.61. The summed E-state index contributed by atoms with van der Waals surface area (Å²) in [6, 6.07) is 0. The molecule has 128 valence electrons. The summed E-state index contributed by atoms with van der Waals surface area (Å²) in [6.45, 7) is 14.5. The van der Waals surface area contributed by atoms with Gasteiger partial charge in [-0.1, -0.05) is 106 Å². The van der Waals surface area contributed by atoms with Crippen LogP contribution in [0.15, 0.2) is 0 Å². The zero-order valence-electron chi connectivity index (χ0n) is 16.1. The molecule has 0 aliphatic carbocycles. The Hall–Kier alpha value is 0. The second-order valence-electron chi connectivity index (χ2n) is 7.52. The van der Waals surface area contributed by atoms with Crippen LogP contribution in [0, 0.1) is 17.3 Å². The van der Waals surface area contributed by atoms with E-state index in [9.17, 15) is 0 Å². The van der Waals surface area contributed by atoms with Crippen LogP contribution in [0.4, 0.5) is 0 Å². The standard InChI is InChI=1S/C21H44/c1-7-12-14-15-18-21(6,11-5)20(17-13-8-2)19(10-4)16-9-3/h19-20H,7-18H2,1-6H3. The molecule has 0 N–H and O–H groups in total. The zero-order chi connectivity index (χ0) is 16.1. The third-order valence-electron chi connectivity index (χ3n) is 5.93. The molecular formula is C21H44. The number of unbranched alkanes of at least 4 members (excludes halogenated alkanes) is 4. The normalized spacial score (nSPS) is 17.4. The molecule has 0 bridgehead atoms. The van der Waals surface area contributed by atoms with Crippen LogP contribution in [-0.2, 0) is 0 Å². The molecule has 0 heterocycles. The molecule has 0 aliphatic rings. The van der Waals surface area contributed by atoms with Gasteiger partial charge in [0.05, 0.1) is 0 Å². The van der Waals surface area contributed by atoms with Gasteiger partial charge in [-0.15, -0.1) is 0 Å². The van der Waals surface area contributed by atoms with Gasteiger partial charge in [-0.2, -0.15) is 0 Å². The Bertz CT molecular complexity index is 220. The Labute approximate surface area is 136 Å². The van der Waals surface area contributed by atoms with E-state index in [-0.39, 0.29) is 0 Å². The van der Waals surface area contributed by atoms with E-state index >= 15 is 0 Å². The van der Waals surface area contributed by atoms with Gasteiger partial charge in [0.1, 0.15) is 0 Å². The van der Waals surface area contributed by atoms with E-state index in [1.54, 1.807) is 0 Å². The summed E-state index contributed by atoms with van der Waals surface area (Å²) in [6.07, 6.45) is 16.9. The summed E-state index contributed by atoms with van der Waals surface area (Å²) in [5.41, 5.74) is 0.582. The molecule has 3 atom stereocenters. The molecule has 3 unspecified atom stereocenters. The van der Waals surface area contributed by atoms with Crippen LogP contribution < -0.4 is 0 Å². The van der Waals surface area contributed by atoms with Crippen LogP contribution in [0.25, 0.3) is 0 Å². The minimum Gasteiger partial charge on any atom is -0.0654 e. The van der Waals surface area contributed by atoms with Gasteiger partial charge in [0, 0.05) is 0 Å². The van der Waals surface area contributed by atoms with Gasteiger partial charge < -0.3 is 0 Å². The molecule has 0 aromatic rings.